The van der Waals surface area contributed by atoms with Crippen molar-refractivity contribution in [2.24, 2.45) is 5.92 Å². The van der Waals surface area contributed by atoms with E-state index < -0.39 is 0 Å². The lowest BCUT2D eigenvalue weighted by Crippen LogP contribution is -2.52. The van der Waals surface area contributed by atoms with Crippen LogP contribution in [0.4, 0.5) is 0 Å². The highest BCUT2D eigenvalue weighted by molar-refractivity contribution is 5.75. The fraction of sp³-hybridized carbons (Fsp3) is 0.519. The monoisotopic (exact) mass is 422 g/mol. The van der Waals surface area contributed by atoms with Gasteiger partial charge in [0.1, 0.15) is 5.75 Å². The van der Waals surface area contributed by atoms with Gasteiger partial charge < -0.3 is 14.5 Å². The Morgan fingerprint density at radius 1 is 1.13 bits per heavy atom. The third-order valence-corrected chi connectivity index (χ3v) is 7.28. The van der Waals surface area contributed by atoms with E-state index in [-0.39, 0.29) is 11.3 Å². The fourth-order valence-corrected chi connectivity index (χ4v) is 5.14. The molecule has 0 spiro atoms. The molecule has 1 amide bonds. The molecule has 3 rings (SSSR count). The standard InChI is InChI=1S/C27H38N2O2/c1-6-26(30)29(20-23-12-14-25(31-5)15-13-23)17-16-27(24-10-8-7-9-11-24)18-22(3)28(4)19-21(27)2/h7-15,21-22H,6,16-20H2,1-5H3/t21-,22+,27+/m0/s1. The molecule has 4 nitrogen and oxygen atoms in total. The maximum atomic E-state index is 12.8. The molecule has 1 aliphatic heterocycles. The number of likely N-dealkylation sites (tertiary alicyclic amines) is 1. The second kappa shape index (κ2) is 10.3. The van der Waals surface area contributed by atoms with Crippen molar-refractivity contribution in [3.05, 3.63) is 65.7 Å². The molecule has 0 bridgehead atoms. The predicted molar refractivity (Wildman–Crippen MR) is 127 cm³/mol. The van der Waals surface area contributed by atoms with Crippen molar-refractivity contribution < 1.29 is 9.53 Å². The summed E-state index contributed by atoms with van der Waals surface area (Å²) >= 11 is 0. The minimum atomic E-state index is 0.0827. The fourth-order valence-electron chi connectivity index (χ4n) is 5.14. The van der Waals surface area contributed by atoms with Crippen molar-refractivity contribution in [1.29, 1.82) is 0 Å². The van der Waals surface area contributed by atoms with E-state index in [0.29, 0.717) is 24.9 Å². The second-order valence-corrected chi connectivity index (χ2v) is 9.18. The van der Waals surface area contributed by atoms with Gasteiger partial charge in [0.15, 0.2) is 0 Å². The molecule has 1 heterocycles. The number of amides is 1. The van der Waals surface area contributed by atoms with Crippen molar-refractivity contribution in [3.63, 3.8) is 0 Å². The van der Waals surface area contributed by atoms with Crippen LogP contribution in [0.5, 0.6) is 5.75 Å². The van der Waals surface area contributed by atoms with Crippen LogP contribution in [0.2, 0.25) is 0 Å². The van der Waals surface area contributed by atoms with Crippen LogP contribution in [0.1, 0.15) is 51.2 Å². The molecule has 3 atom stereocenters. The molecular formula is C27H38N2O2. The van der Waals surface area contributed by atoms with Gasteiger partial charge in [0.25, 0.3) is 0 Å². The zero-order chi connectivity index (χ0) is 22.4. The summed E-state index contributed by atoms with van der Waals surface area (Å²) in [6.07, 6.45) is 2.63. The van der Waals surface area contributed by atoms with Gasteiger partial charge in [-0.25, -0.2) is 0 Å². The van der Waals surface area contributed by atoms with E-state index in [4.69, 9.17) is 4.74 Å². The van der Waals surface area contributed by atoms with Gasteiger partial charge in [-0.05, 0) is 56.0 Å². The molecular weight excluding hydrogens is 384 g/mol. The van der Waals surface area contributed by atoms with Crippen LogP contribution in [0.25, 0.3) is 0 Å². The summed E-state index contributed by atoms with van der Waals surface area (Å²) in [6.45, 7) is 9.16. The van der Waals surface area contributed by atoms with Gasteiger partial charge in [-0.1, -0.05) is 56.3 Å². The number of carbonyl (C=O) groups excluding carboxylic acids is 1. The molecule has 0 radical (unpaired) electrons. The van der Waals surface area contributed by atoms with Crippen LogP contribution >= 0.6 is 0 Å². The van der Waals surface area contributed by atoms with Crippen LogP contribution in [0, 0.1) is 5.92 Å². The van der Waals surface area contributed by atoms with Crippen LogP contribution in [0.3, 0.4) is 0 Å². The smallest absolute Gasteiger partial charge is 0.222 e. The highest BCUT2D eigenvalue weighted by atomic mass is 16.5. The number of carbonyl (C=O) groups is 1. The van der Waals surface area contributed by atoms with E-state index in [9.17, 15) is 4.79 Å². The first-order chi connectivity index (χ1) is 14.9. The topological polar surface area (TPSA) is 32.8 Å². The van der Waals surface area contributed by atoms with E-state index in [0.717, 1.165) is 37.2 Å². The Morgan fingerprint density at radius 3 is 2.42 bits per heavy atom. The predicted octanol–water partition coefficient (Wildman–Crippen LogP) is 5.12. The van der Waals surface area contributed by atoms with Crippen molar-refractivity contribution in [3.8, 4) is 5.75 Å². The Hall–Kier alpha value is -2.33. The number of methoxy groups -OCH3 is 1. The number of nitrogens with zero attached hydrogens (tertiary/aromatic N) is 2. The van der Waals surface area contributed by atoms with Crippen LogP contribution in [-0.4, -0.2) is 49.0 Å². The van der Waals surface area contributed by atoms with Crippen LogP contribution < -0.4 is 4.74 Å². The average molecular weight is 423 g/mol. The molecule has 2 aromatic rings. The maximum Gasteiger partial charge on any atom is 0.222 e. The highest BCUT2D eigenvalue weighted by Crippen LogP contribution is 2.44. The van der Waals surface area contributed by atoms with E-state index in [1.807, 2.05) is 24.0 Å². The third-order valence-electron chi connectivity index (χ3n) is 7.28. The van der Waals surface area contributed by atoms with Crippen molar-refractivity contribution in [2.45, 2.75) is 58.0 Å². The summed E-state index contributed by atoms with van der Waals surface area (Å²) in [5.41, 5.74) is 2.64. The first kappa shape index (κ1) is 23.3. The Bertz CT molecular complexity index is 836. The van der Waals surface area contributed by atoms with Gasteiger partial charge in [0.05, 0.1) is 7.11 Å². The summed E-state index contributed by atoms with van der Waals surface area (Å²) in [6, 6.07) is 19.5. The Kier molecular flexibility index (Phi) is 7.77. The molecule has 1 fully saturated rings. The van der Waals surface area contributed by atoms with E-state index in [1.165, 1.54) is 5.56 Å². The summed E-state index contributed by atoms with van der Waals surface area (Å²) < 4.78 is 5.28. The first-order valence-corrected chi connectivity index (χ1v) is 11.6. The van der Waals surface area contributed by atoms with Gasteiger partial charge >= 0.3 is 0 Å². The Morgan fingerprint density at radius 2 is 1.81 bits per heavy atom. The van der Waals surface area contributed by atoms with E-state index >= 15 is 0 Å². The molecule has 0 unspecified atom stereocenters. The lowest BCUT2D eigenvalue weighted by Gasteiger charge is -2.50. The zero-order valence-corrected chi connectivity index (χ0v) is 19.8. The lowest BCUT2D eigenvalue weighted by atomic mass is 9.63. The van der Waals surface area contributed by atoms with Crippen LogP contribution in [0.15, 0.2) is 54.6 Å². The number of hydrogen-bond donors (Lipinski definition) is 0. The van der Waals surface area contributed by atoms with E-state index in [1.54, 1.807) is 7.11 Å². The summed E-state index contributed by atoms with van der Waals surface area (Å²) in [5.74, 6) is 1.58. The quantitative estimate of drug-likeness (QED) is 0.592. The highest BCUT2D eigenvalue weighted by Gasteiger charge is 2.43. The Balaban J connectivity index is 1.84. The Labute approximate surface area is 188 Å². The van der Waals surface area contributed by atoms with Crippen molar-refractivity contribution in [2.75, 3.05) is 27.2 Å². The molecule has 1 saturated heterocycles. The summed E-state index contributed by atoms with van der Waals surface area (Å²) in [7, 11) is 3.90. The minimum Gasteiger partial charge on any atom is -0.497 e. The minimum absolute atomic E-state index is 0.0827. The maximum absolute atomic E-state index is 12.8. The van der Waals surface area contributed by atoms with Gasteiger partial charge in [0, 0.05) is 37.5 Å². The lowest BCUT2D eigenvalue weighted by molar-refractivity contribution is -0.131. The molecule has 168 valence electrons. The number of hydrogen-bond acceptors (Lipinski definition) is 3. The SMILES string of the molecule is CCC(=O)N(CC[C@@]1(c2ccccc2)C[C@@H](C)N(C)C[C@@H]1C)Cc1ccc(OC)cc1. The summed E-state index contributed by atoms with van der Waals surface area (Å²) in [5, 5.41) is 0. The molecule has 0 aromatic heterocycles. The van der Waals surface area contributed by atoms with Gasteiger partial charge in [0.2, 0.25) is 5.91 Å². The molecule has 0 aliphatic carbocycles. The largest absolute Gasteiger partial charge is 0.497 e. The molecule has 31 heavy (non-hydrogen) atoms. The van der Waals surface area contributed by atoms with Gasteiger partial charge in [-0.3, -0.25) is 4.79 Å². The molecule has 1 aliphatic rings. The zero-order valence-electron chi connectivity index (χ0n) is 19.8. The van der Waals surface area contributed by atoms with Crippen LogP contribution in [-0.2, 0) is 16.8 Å². The first-order valence-electron chi connectivity index (χ1n) is 11.6. The van der Waals surface area contributed by atoms with Crippen molar-refractivity contribution in [1.82, 2.24) is 9.80 Å². The van der Waals surface area contributed by atoms with E-state index in [2.05, 4.69) is 68.3 Å². The normalized spacial score (nSPS) is 24.0. The molecule has 0 saturated carbocycles. The van der Waals surface area contributed by atoms with Gasteiger partial charge in [-0.2, -0.15) is 0 Å². The molecule has 2 aromatic carbocycles. The number of ether oxygens (including phenoxy) is 1. The number of rotatable bonds is 8. The third kappa shape index (κ3) is 5.30. The second-order valence-electron chi connectivity index (χ2n) is 9.18. The summed E-state index contributed by atoms with van der Waals surface area (Å²) in [4.78, 5) is 17.4. The molecule has 0 N–H and O–H groups in total. The van der Waals surface area contributed by atoms with Crippen molar-refractivity contribution >= 4 is 5.91 Å². The number of piperidine rings is 1. The van der Waals surface area contributed by atoms with Gasteiger partial charge in [-0.15, -0.1) is 0 Å². The molecule has 4 heteroatoms. The average Bonchev–Trinajstić information content (AvgIpc) is 2.80. The number of benzene rings is 2.